The highest BCUT2D eigenvalue weighted by Gasteiger charge is 1.96. The van der Waals surface area contributed by atoms with Crippen LogP contribution in [0.4, 0.5) is 11.4 Å². The van der Waals surface area contributed by atoms with E-state index < -0.39 is 0 Å². The van der Waals surface area contributed by atoms with Crippen LogP contribution in [-0.4, -0.2) is 12.5 Å². The largest absolute Gasteiger partial charge is 0.385 e. The molecular formula is C12H16N2O. The van der Waals surface area contributed by atoms with Gasteiger partial charge in [0.2, 0.25) is 5.91 Å². The fraction of sp³-hybridized carbons (Fsp3) is 0.250. The van der Waals surface area contributed by atoms with E-state index in [2.05, 4.69) is 17.2 Å². The molecule has 1 aromatic carbocycles. The summed E-state index contributed by atoms with van der Waals surface area (Å²) in [6, 6.07) is 7.64. The minimum absolute atomic E-state index is 0.0572. The standard InChI is InChI=1S/C12H16N2O/c1-3-4-8-13-11-6-5-7-12(9-11)14-10(2)15/h3,5-7,9,13H,1,4,8H2,2H3,(H,14,15). The highest BCUT2D eigenvalue weighted by molar-refractivity contribution is 5.89. The minimum atomic E-state index is -0.0572. The van der Waals surface area contributed by atoms with Gasteiger partial charge in [0.05, 0.1) is 0 Å². The van der Waals surface area contributed by atoms with Crippen molar-refractivity contribution in [2.45, 2.75) is 13.3 Å². The lowest BCUT2D eigenvalue weighted by Crippen LogP contribution is -2.06. The van der Waals surface area contributed by atoms with Gasteiger partial charge in [0, 0.05) is 24.8 Å². The predicted octanol–water partition coefficient (Wildman–Crippen LogP) is 2.63. The molecule has 80 valence electrons. The van der Waals surface area contributed by atoms with Crippen molar-refractivity contribution in [2.24, 2.45) is 0 Å². The summed E-state index contributed by atoms with van der Waals surface area (Å²) >= 11 is 0. The van der Waals surface area contributed by atoms with Gasteiger partial charge in [-0.25, -0.2) is 0 Å². The minimum Gasteiger partial charge on any atom is -0.385 e. The Labute approximate surface area is 90.2 Å². The van der Waals surface area contributed by atoms with E-state index in [0.717, 1.165) is 24.3 Å². The average molecular weight is 204 g/mol. The molecule has 0 spiro atoms. The Kier molecular flexibility index (Phi) is 4.41. The summed E-state index contributed by atoms with van der Waals surface area (Å²) in [6.45, 7) is 6.00. The van der Waals surface area contributed by atoms with Gasteiger partial charge in [0.1, 0.15) is 0 Å². The zero-order chi connectivity index (χ0) is 11.1. The number of benzene rings is 1. The molecule has 0 aliphatic heterocycles. The first kappa shape index (κ1) is 11.3. The first-order chi connectivity index (χ1) is 7.22. The number of hydrogen-bond acceptors (Lipinski definition) is 2. The SMILES string of the molecule is C=CCCNc1cccc(NC(C)=O)c1. The number of anilines is 2. The Bertz CT molecular complexity index is 347. The van der Waals surface area contributed by atoms with Crippen LogP contribution in [-0.2, 0) is 4.79 Å². The molecule has 0 saturated carbocycles. The maximum atomic E-state index is 10.8. The molecule has 0 fully saturated rings. The zero-order valence-corrected chi connectivity index (χ0v) is 8.92. The summed E-state index contributed by atoms with van der Waals surface area (Å²) in [5.41, 5.74) is 1.81. The Balaban J connectivity index is 2.57. The molecule has 1 amide bonds. The van der Waals surface area contributed by atoms with Crippen molar-refractivity contribution in [3.05, 3.63) is 36.9 Å². The average Bonchev–Trinajstić information content (AvgIpc) is 2.18. The lowest BCUT2D eigenvalue weighted by atomic mass is 10.2. The Morgan fingerprint density at radius 1 is 1.47 bits per heavy atom. The van der Waals surface area contributed by atoms with Crippen LogP contribution in [0.2, 0.25) is 0 Å². The summed E-state index contributed by atoms with van der Waals surface area (Å²) in [6.07, 6.45) is 2.79. The van der Waals surface area contributed by atoms with Crippen LogP contribution < -0.4 is 10.6 Å². The first-order valence-electron chi connectivity index (χ1n) is 4.95. The van der Waals surface area contributed by atoms with Crippen molar-refractivity contribution in [3.63, 3.8) is 0 Å². The third kappa shape index (κ3) is 4.31. The molecule has 3 nitrogen and oxygen atoms in total. The Morgan fingerprint density at radius 2 is 2.20 bits per heavy atom. The lowest BCUT2D eigenvalue weighted by Gasteiger charge is -2.07. The van der Waals surface area contributed by atoms with Crippen LogP contribution >= 0.6 is 0 Å². The first-order valence-corrected chi connectivity index (χ1v) is 4.95. The normalized spacial score (nSPS) is 9.40. The van der Waals surface area contributed by atoms with Crippen LogP contribution in [0.25, 0.3) is 0 Å². The molecular weight excluding hydrogens is 188 g/mol. The van der Waals surface area contributed by atoms with Crippen LogP contribution in [0.15, 0.2) is 36.9 Å². The third-order valence-corrected chi connectivity index (χ3v) is 1.86. The summed E-state index contributed by atoms with van der Waals surface area (Å²) in [5, 5.41) is 5.97. The van der Waals surface area contributed by atoms with Crippen molar-refractivity contribution in [2.75, 3.05) is 17.2 Å². The summed E-state index contributed by atoms with van der Waals surface area (Å²) in [7, 11) is 0. The van der Waals surface area contributed by atoms with Crippen LogP contribution in [0.5, 0.6) is 0 Å². The molecule has 0 aliphatic carbocycles. The fourth-order valence-electron chi connectivity index (χ4n) is 1.23. The highest BCUT2D eigenvalue weighted by Crippen LogP contribution is 2.14. The topological polar surface area (TPSA) is 41.1 Å². The number of hydrogen-bond donors (Lipinski definition) is 2. The van der Waals surface area contributed by atoms with Gasteiger partial charge in [-0.1, -0.05) is 12.1 Å². The van der Waals surface area contributed by atoms with E-state index >= 15 is 0 Å². The molecule has 0 atom stereocenters. The van der Waals surface area contributed by atoms with E-state index in [4.69, 9.17) is 0 Å². The molecule has 15 heavy (non-hydrogen) atoms. The molecule has 0 aliphatic rings. The van der Waals surface area contributed by atoms with Gasteiger partial charge >= 0.3 is 0 Å². The van der Waals surface area contributed by atoms with Gasteiger partial charge in [-0.3, -0.25) is 4.79 Å². The van der Waals surface area contributed by atoms with Crippen LogP contribution in [0, 0.1) is 0 Å². The highest BCUT2D eigenvalue weighted by atomic mass is 16.1. The molecule has 1 rings (SSSR count). The molecule has 0 aromatic heterocycles. The zero-order valence-electron chi connectivity index (χ0n) is 8.92. The summed E-state index contributed by atoms with van der Waals surface area (Å²) < 4.78 is 0. The maximum Gasteiger partial charge on any atom is 0.221 e. The molecule has 2 N–H and O–H groups in total. The molecule has 3 heteroatoms. The van der Waals surface area contributed by atoms with Gasteiger partial charge in [0.15, 0.2) is 0 Å². The second-order valence-electron chi connectivity index (χ2n) is 3.27. The van der Waals surface area contributed by atoms with E-state index in [9.17, 15) is 4.79 Å². The monoisotopic (exact) mass is 204 g/mol. The van der Waals surface area contributed by atoms with Crippen molar-refractivity contribution in [3.8, 4) is 0 Å². The maximum absolute atomic E-state index is 10.8. The number of carbonyl (C=O) groups excluding carboxylic acids is 1. The smallest absolute Gasteiger partial charge is 0.221 e. The Hall–Kier alpha value is -1.77. The third-order valence-electron chi connectivity index (χ3n) is 1.86. The molecule has 0 radical (unpaired) electrons. The second kappa shape index (κ2) is 5.86. The molecule has 0 heterocycles. The van der Waals surface area contributed by atoms with E-state index in [0.29, 0.717) is 0 Å². The second-order valence-corrected chi connectivity index (χ2v) is 3.27. The van der Waals surface area contributed by atoms with Gasteiger partial charge in [-0.05, 0) is 24.6 Å². The van der Waals surface area contributed by atoms with Gasteiger partial charge in [-0.15, -0.1) is 6.58 Å². The Morgan fingerprint density at radius 3 is 2.87 bits per heavy atom. The lowest BCUT2D eigenvalue weighted by molar-refractivity contribution is -0.114. The van der Waals surface area contributed by atoms with Gasteiger partial charge < -0.3 is 10.6 Å². The van der Waals surface area contributed by atoms with Crippen molar-refractivity contribution < 1.29 is 4.79 Å². The van der Waals surface area contributed by atoms with Crippen molar-refractivity contribution in [1.82, 2.24) is 0 Å². The summed E-state index contributed by atoms with van der Waals surface area (Å²) in [5.74, 6) is -0.0572. The van der Waals surface area contributed by atoms with Gasteiger partial charge in [-0.2, -0.15) is 0 Å². The van der Waals surface area contributed by atoms with E-state index in [1.165, 1.54) is 6.92 Å². The molecule has 1 aromatic rings. The van der Waals surface area contributed by atoms with E-state index in [1.807, 2.05) is 30.3 Å². The molecule has 0 saturated heterocycles. The predicted molar refractivity (Wildman–Crippen MR) is 64.0 cm³/mol. The number of nitrogens with one attached hydrogen (secondary N) is 2. The van der Waals surface area contributed by atoms with Gasteiger partial charge in [0.25, 0.3) is 0 Å². The van der Waals surface area contributed by atoms with Crippen LogP contribution in [0.3, 0.4) is 0 Å². The van der Waals surface area contributed by atoms with Crippen molar-refractivity contribution in [1.29, 1.82) is 0 Å². The number of rotatable bonds is 5. The van der Waals surface area contributed by atoms with Crippen molar-refractivity contribution >= 4 is 17.3 Å². The summed E-state index contributed by atoms with van der Waals surface area (Å²) in [4.78, 5) is 10.8. The van der Waals surface area contributed by atoms with E-state index in [1.54, 1.807) is 0 Å². The quantitative estimate of drug-likeness (QED) is 0.572. The number of amides is 1. The molecule has 0 bridgehead atoms. The molecule has 0 unspecified atom stereocenters. The number of carbonyl (C=O) groups is 1. The fourth-order valence-corrected chi connectivity index (χ4v) is 1.23. The van der Waals surface area contributed by atoms with Crippen LogP contribution in [0.1, 0.15) is 13.3 Å². The van der Waals surface area contributed by atoms with E-state index in [-0.39, 0.29) is 5.91 Å².